The number of aryl methyl sites for hydroxylation is 1. The minimum absolute atomic E-state index is 0.0584. The summed E-state index contributed by atoms with van der Waals surface area (Å²) in [6, 6.07) is 0. The summed E-state index contributed by atoms with van der Waals surface area (Å²) < 4.78 is 1.67. The van der Waals surface area contributed by atoms with Gasteiger partial charge in [0.15, 0.2) is 5.82 Å². The molecule has 1 unspecified atom stereocenters. The van der Waals surface area contributed by atoms with Crippen LogP contribution in [0, 0.1) is 0 Å². The summed E-state index contributed by atoms with van der Waals surface area (Å²) in [5, 5.41) is 3.20. The van der Waals surface area contributed by atoms with Crippen LogP contribution in [0.5, 0.6) is 0 Å². The molecule has 0 bridgehead atoms. The number of nitrogens with zero attached hydrogens (tertiary/aromatic N) is 2. The standard InChI is InChI=1S/C12H20ClN3O/c1-3-8-16-9-7-15-11(12(16)17)14-6-5-10(13)4-2/h7,9-10H,3-6,8H2,1-2H3,(H,14,15). The second kappa shape index (κ2) is 7.33. The fourth-order valence-corrected chi connectivity index (χ4v) is 1.65. The highest BCUT2D eigenvalue weighted by atomic mass is 35.5. The predicted molar refractivity (Wildman–Crippen MR) is 71.8 cm³/mol. The minimum atomic E-state index is -0.0584. The number of halogens is 1. The molecule has 0 aliphatic rings. The lowest BCUT2D eigenvalue weighted by atomic mass is 10.2. The van der Waals surface area contributed by atoms with Gasteiger partial charge in [-0.25, -0.2) is 4.98 Å². The van der Waals surface area contributed by atoms with E-state index < -0.39 is 0 Å². The maximum atomic E-state index is 11.9. The van der Waals surface area contributed by atoms with Crippen LogP contribution in [-0.2, 0) is 6.54 Å². The van der Waals surface area contributed by atoms with E-state index in [1.807, 2.05) is 13.8 Å². The van der Waals surface area contributed by atoms with Gasteiger partial charge in [-0.1, -0.05) is 13.8 Å². The SMILES string of the molecule is CCCn1ccnc(NCCC(Cl)CC)c1=O. The monoisotopic (exact) mass is 257 g/mol. The molecular formula is C12H20ClN3O. The van der Waals surface area contributed by atoms with Gasteiger partial charge in [0.2, 0.25) is 0 Å². The third-order valence-electron chi connectivity index (χ3n) is 2.57. The molecule has 17 heavy (non-hydrogen) atoms. The van der Waals surface area contributed by atoms with Gasteiger partial charge in [0.1, 0.15) is 0 Å². The lowest BCUT2D eigenvalue weighted by Crippen LogP contribution is -2.25. The molecule has 0 radical (unpaired) electrons. The Kier molecular flexibility index (Phi) is 6.05. The van der Waals surface area contributed by atoms with E-state index >= 15 is 0 Å². The normalized spacial score (nSPS) is 12.4. The third-order valence-corrected chi connectivity index (χ3v) is 3.10. The topological polar surface area (TPSA) is 46.9 Å². The molecule has 5 heteroatoms. The number of hydrogen-bond acceptors (Lipinski definition) is 3. The van der Waals surface area contributed by atoms with Crippen molar-refractivity contribution < 1.29 is 0 Å². The van der Waals surface area contributed by atoms with Crippen molar-refractivity contribution in [1.82, 2.24) is 9.55 Å². The highest BCUT2D eigenvalue weighted by Gasteiger charge is 2.05. The van der Waals surface area contributed by atoms with Crippen molar-refractivity contribution in [2.45, 2.75) is 45.0 Å². The summed E-state index contributed by atoms with van der Waals surface area (Å²) in [6.45, 7) is 5.50. The Morgan fingerprint density at radius 2 is 2.29 bits per heavy atom. The highest BCUT2D eigenvalue weighted by molar-refractivity contribution is 6.20. The minimum Gasteiger partial charge on any atom is -0.365 e. The van der Waals surface area contributed by atoms with E-state index in [0.717, 1.165) is 25.8 Å². The van der Waals surface area contributed by atoms with Gasteiger partial charge in [0.25, 0.3) is 5.56 Å². The zero-order valence-corrected chi connectivity index (χ0v) is 11.2. The van der Waals surface area contributed by atoms with E-state index in [2.05, 4.69) is 10.3 Å². The zero-order chi connectivity index (χ0) is 12.7. The third kappa shape index (κ3) is 4.38. The summed E-state index contributed by atoms with van der Waals surface area (Å²) in [6.07, 6.45) is 6.07. The molecule has 0 saturated carbocycles. The van der Waals surface area contributed by atoms with Crippen LogP contribution in [0.25, 0.3) is 0 Å². The Balaban J connectivity index is 2.59. The van der Waals surface area contributed by atoms with Crippen LogP contribution in [0.4, 0.5) is 5.82 Å². The van der Waals surface area contributed by atoms with E-state index in [4.69, 9.17) is 11.6 Å². The molecule has 1 aromatic rings. The second-order valence-corrected chi connectivity index (χ2v) is 4.61. The van der Waals surface area contributed by atoms with Crippen molar-refractivity contribution in [3.63, 3.8) is 0 Å². The van der Waals surface area contributed by atoms with Gasteiger partial charge in [0, 0.05) is 30.9 Å². The predicted octanol–water partition coefficient (Wildman–Crippen LogP) is 2.47. The van der Waals surface area contributed by atoms with Gasteiger partial charge in [-0.2, -0.15) is 0 Å². The summed E-state index contributed by atoms with van der Waals surface area (Å²) >= 11 is 6.01. The maximum Gasteiger partial charge on any atom is 0.293 e. The number of nitrogens with one attached hydrogen (secondary N) is 1. The van der Waals surface area contributed by atoms with Crippen LogP contribution in [0.2, 0.25) is 0 Å². The van der Waals surface area contributed by atoms with Crippen LogP contribution in [0.15, 0.2) is 17.2 Å². The first-order chi connectivity index (χ1) is 8.19. The second-order valence-electron chi connectivity index (χ2n) is 4.00. The molecule has 96 valence electrons. The first-order valence-electron chi connectivity index (χ1n) is 6.12. The molecule has 1 heterocycles. The van der Waals surface area contributed by atoms with Crippen LogP contribution >= 0.6 is 11.6 Å². The molecule has 1 rings (SSSR count). The molecule has 1 N–H and O–H groups in total. The fourth-order valence-electron chi connectivity index (χ4n) is 1.54. The number of aromatic nitrogens is 2. The Bertz CT molecular complexity index is 392. The lowest BCUT2D eigenvalue weighted by Gasteiger charge is -2.09. The molecule has 1 atom stereocenters. The largest absolute Gasteiger partial charge is 0.365 e. The molecule has 0 spiro atoms. The van der Waals surface area contributed by atoms with E-state index in [1.165, 1.54) is 0 Å². The van der Waals surface area contributed by atoms with Crippen molar-refractivity contribution in [3.8, 4) is 0 Å². The average Bonchev–Trinajstić information content (AvgIpc) is 2.33. The van der Waals surface area contributed by atoms with Gasteiger partial charge in [-0.3, -0.25) is 4.79 Å². The van der Waals surface area contributed by atoms with Crippen LogP contribution in [0.3, 0.4) is 0 Å². The average molecular weight is 258 g/mol. The van der Waals surface area contributed by atoms with E-state index in [1.54, 1.807) is 17.0 Å². The Morgan fingerprint density at radius 3 is 2.94 bits per heavy atom. The lowest BCUT2D eigenvalue weighted by molar-refractivity contribution is 0.648. The first kappa shape index (κ1) is 14.0. The summed E-state index contributed by atoms with van der Waals surface area (Å²) in [4.78, 5) is 16.0. The van der Waals surface area contributed by atoms with Crippen molar-refractivity contribution in [1.29, 1.82) is 0 Å². The number of rotatable bonds is 7. The van der Waals surface area contributed by atoms with Gasteiger partial charge in [-0.15, -0.1) is 11.6 Å². The van der Waals surface area contributed by atoms with Crippen molar-refractivity contribution in [2.24, 2.45) is 0 Å². The fraction of sp³-hybridized carbons (Fsp3) is 0.667. The van der Waals surface area contributed by atoms with Crippen molar-refractivity contribution in [3.05, 3.63) is 22.7 Å². The van der Waals surface area contributed by atoms with E-state index in [-0.39, 0.29) is 10.9 Å². The zero-order valence-electron chi connectivity index (χ0n) is 10.4. The van der Waals surface area contributed by atoms with Crippen molar-refractivity contribution >= 4 is 17.4 Å². The smallest absolute Gasteiger partial charge is 0.293 e. The van der Waals surface area contributed by atoms with Crippen LogP contribution in [-0.4, -0.2) is 21.5 Å². The molecule has 0 aromatic carbocycles. The Labute approximate surface area is 107 Å². The summed E-state index contributed by atoms with van der Waals surface area (Å²) in [5.74, 6) is 0.418. The van der Waals surface area contributed by atoms with Crippen LogP contribution < -0.4 is 10.9 Å². The molecule has 0 aliphatic heterocycles. The summed E-state index contributed by atoms with van der Waals surface area (Å²) in [5.41, 5.74) is -0.0584. The molecule has 0 saturated heterocycles. The van der Waals surface area contributed by atoms with Crippen LogP contribution in [0.1, 0.15) is 33.1 Å². The maximum absolute atomic E-state index is 11.9. The molecule has 0 amide bonds. The highest BCUT2D eigenvalue weighted by Crippen LogP contribution is 2.06. The molecule has 1 aromatic heterocycles. The number of anilines is 1. The number of alkyl halides is 1. The van der Waals surface area contributed by atoms with E-state index in [0.29, 0.717) is 12.4 Å². The van der Waals surface area contributed by atoms with Gasteiger partial charge >= 0.3 is 0 Å². The van der Waals surface area contributed by atoms with Gasteiger partial charge in [-0.05, 0) is 19.3 Å². The molecule has 4 nitrogen and oxygen atoms in total. The quantitative estimate of drug-likeness (QED) is 0.764. The number of hydrogen-bond donors (Lipinski definition) is 1. The Morgan fingerprint density at radius 1 is 1.53 bits per heavy atom. The first-order valence-corrected chi connectivity index (χ1v) is 6.56. The van der Waals surface area contributed by atoms with Gasteiger partial charge < -0.3 is 9.88 Å². The molecule has 0 fully saturated rings. The van der Waals surface area contributed by atoms with Gasteiger partial charge in [0.05, 0.1) is 0 Å². The summed E-state index contributed by atoms with van der Waals surface area (Å²) in [7, 11) is 0. The Hall–Kier alpha value is -1.03. The van der Waals surface area contributed by atoms with Crippen molar-refractivity contribution in [2.75, 3.05) is 11.9 Å². The molecule has 0 aliphatic carbocycles. The molecular weight excluding hydrogens is 238 g/mol. The van der Waals surface area contributed by atoms with E-state index in [9.17, 15) is 4.79 Å².